The second kappa shape index (κ2) is 8.23. The number of fused-ring (bicyclic) bond motifs is 1. The van der Waals surface area contributed by atoms with Crippen molar-refractivity contribution in [2.24, 2.45) is 0 Å². The second-order valence-electron chi connectivity index (χ2n) is 7.06. The second-order valence-corrected chi connectivity index (χ2v) is 7.06. The Kier molecular flexibility index (Phi) is 5.34. The minimum atomic E-state index is 0.855. The SMILES string of the molecule is CC/C=C(\Nc1cccc(-c2cn3ccc(C)cc3n2)c1)c1ccc(OC)cc1. The van der Waals surface area contributed by atoms with Gasteiger partial charge in [0.1, 0.15) is 11.4 Å². The van der Waals surface area contributed by atoms with Crippen molar-refractivity contribution in [1.29, 1.82) is 0 Å². The Labute approximate surface area is 171 Å². The highest BCUT2D eigenvalue weighted by Gasteiger charge is 2.07. The minimum absolute atomic E-state index is 0.855. The van der Waals surface area contributed by atoms with Crippen molar-refractivity contribution in [2.45, 2.75) is 20.3 Å². The molecular formula is C25H25N3O. The van der Waals surface area contributed by atoms with Crippen LogP contribution in [0.15, 0.2) is 79.1 Å². The maximum atomic E-state index is 5.28. The van der Waals surface area contributed by atoms with E-state index in [2.05, 4.69) is 90.6 Å². The summed E-state index contributed by atoms with van der Waals surface area (Å²) in [5.41, 5.74) is 7.46. The van der Waals surface area contributed by atoms with E-state index in [4.69, 9.17) is 9.72 Å². The Morgan fingerprint density at radius 3 is 2.69 bits per heavy atom. The lowest BCUT2D eigenvalue weighted by Crippen LogP contribution is -1.99. The lowest BCUT2D eigenvalue weighted by Gasteiger charge is -2.13. The molecule has 4 nitrogen and oxygen atoms in total. The van der Waals surface area contributed by atoms with Crippen LogP contribution in [0.25, 0.3) is 22.6 Å². The first kappa shape index (κ1) is 18.8. The zero-order valence-electron chi connectivity index (χ0n) is 17.0. The number of benzene rings is 2. The Bertz CT molecular complexity index is 1160. The number of aromatic nitrogens is 2. The third kappa shape index (κ3) is 4.16. The van der Waals surface area contributed by atoms with E-state index in [9.17, 15) is 0 Å². The van der Waals surface area contributed by atoms with E-state index in [-0.39, 0.29) is 0 Å². The molecule has 4 rings (SSSR count). The van der Waals surface area contributed by atoms with Gasteiger partial charge in [-0.15, -0.1) is 0 Å². The predicted octanol–water partition coefficient (Wildman–Crippen LogP) is 6.18. The van der Waals surface area contributed by atoms with Gasteiger partial charge in [-0.05, 0) is 73.0 Å². The summed E-state index contributed by atoms with van der Waals surface area (Å²) < 4.78 is 7.33. The molecular weight excluding hydrogens is 358 g/mol. The topological polar surface area (TPSA) is 38.6 Å². The van der Waals surface area contributed by atoms with Crippen LogP contribution in [0.2, 0.25) is 0 Å². The minimum Gasteiger partial charge on any atom is -0.497 e. The zero-order chi connectivity index (χ0) is 20.2. The molecule has 0 spiro atoms. The standard InChI is InChI=1S/C25H25N3O/c1-4-6-23(19-9-11-22(29-3)12-10-19)26-21-8-5-7-20(16-21)24-17-28-14-13-18(2)15-25(28)27-24/h5-17,26H,4H2,1-3H3/b23-6-. The Hall–Kier alpha value is -3.53. The van der Waals surface area contributed by atoms with Crippen LogP contribution < -0.4 is 10.1 Å². The average Bonchev–Trinajstić information content (AvgIpc) is 3.17. The number of nitrogens with one attached hydrogen (secondary N) is 1. The molecule has 4 aromatic rings. The van der Waals surface area contributed by atoms with Crippen molar-refractivity contribution in [3.63, 3.8) is 0 Å². The summed E-state index contributed by atoms with van der Waals surface area (Å²) in [7, 11) is 1.68. The number of rotatable bonds is 6. The summed E-state index contributed by atoms with van der Waals surface area (Å²) in [6, 6.07) is 20.7. The van der Waals surface area contributed by atoms with Gasteiger partial charge < -0.3 is 14.5 Å². The molecule has 1 N–H and O–H groups in total. The molecule has 2 aromatic heterocycles. The van der Waals surface area contributed by atoms with Crippen molar-refractivity contribution in [3.05, 3.63) is 90.3 Å². The zero-order valence-corrected chi connectivity index (χ0v) is 17.0. The molecule has 0 radical (unpaired) electrons. The fourth-order valence-electron chi connectivity index (χ4n) is 3.35. The molecule has 0 fully saturated rings. The first-order valence-corrected chi connectivity index (χ1v) is 9.83. The predicted molar refractivity (Wildman–Crippen MR) is 120 cm³/mol. The molecule has 2 heterocycles. The summed E-state index contributed by atoms with van der Waals surface area (Å²) in [6.45, 7) is 4.22. The molecule has 4 heteroatoms. The van der Waals surface area contributed by atoms with Crippen LogP contribution in [0.4, 0.5) is 5.69 Å². The number of pyridine rings is 1. The van der Waals surface area contributed by atoms with Gasteiger partial charge in [0.05, 0.1) is 12.8 Å². The molecule has 0 saturated carbocycles. The van der Waals surface area contributed by atoms with Gasteiger partial charge in [-0.1, -0.05) is 25.1 Å². The molecule has 2 aromatic carbocycles. The van der Waals surface area contributed by atoms with Crippen LogP contribution in [0.5, 0.6) is 5.75 Å². The normalized spacial score (nSPS) is 11.6. The summed E-state index contributed by atoms with van der Waals surface area (Å²) in [6.07, 6.45) is 7.26. The Balaban J connectivity index is 1.63. The monoisotopic (exact) mass is 383 g/mol. The fourth-order valence-corrected chi connectivity index (χ4v) is 3.35. The van der Waals surface area contributed by atoms with Gasteiger partial charge in [0, 0.05) is 29.3 Å². The van der Waals surface area contributed by atoms with Crippen LogP contribution in [0.3, 0.4) is 0 Å². The van der Waals surface area contributed by atoms with Crippen LogP contribution in [0, 0.1) is 6.92 Å². The van der Waals surface area contributed by atoms with Gasteiger partial charge >= 0.3 is 0 Å². The number of methoxy groups -OCH3 is 1. The van der Waals surface area contributed by atoms with Crippen LogP contribution in [-0.4, -0.2) is 16.5 Å². The molecule has 0 aliphatic rings. The molecule has 0 bridgehead atoms. The molecule has 0 atom stereocenters. The summed E-state index contributed by atoms with van der Waals surface area (Å²) >= 11 is 0. The van der Waals surface area contributed by atoms with Crippen molar-refractivity contribution >= 4 is 17.0 Å². The number of allylic oxidation sites excluding steroid dienone is 1. The summed E-state index contributed by atoms with van der Waals surface area (Å²) in [5.74, 6) is 0.855. The van der Waals surface area contributed by atoms with Crippen LogP contribution in [-0.2, 0) is 0 Å². The number of anilines is 1. The Morgan fingerprint density at radius 1 is 1.10 bits per heavy atom. The Morgan fingerprint density at radius 2 is 1.93 bits per heavy atom. The van der Waals surface area contributed by atoms with E-state index in [1.54, 1.807) is 7.11 Å². The number of hydrogen-bond donors (Lipinski definition) is 1. The molecule has 0 amide bonds. The maximum Gasteiger partial charge on any atom is 0.137 e. The van der Waals surface area contributed by atoms with Crippen molar-refractivity contribution < 1.29 is 4.74 Å². The van der Waals surface area contributed by atoms with Crippen molar-refractivity contribution in [1.82, 2.24) is 9.38 Å². The first-order valence-electron chi connectivity index (χ1n) is 9.83. The van der Waals surface area contributed by atoms with E-state index in [1.165, 1.54) is 5.56 Å². The van der Waals surface area contributed by atoms with Gasteiger partial charge in [0.2, 0.25) is 0 Å². The third-order valence-electron chi connectivity index (χ3n) is 4.86. The molecule has 0 saturated heterocycles. The summed E-state index contributed by atoms with van der Waals surface area (Å²) in [5, 5.41) is 3.57. The number of nitrogens with zero attached hydrogens (tertiary/aromatic N) is 2. The van der Waals surface area contributed by atoms with Gasteiger partial charge in [0.15, 0.2) is 0 Å². The summed E-state index contributed by atoms with van der Waals surface area (Å²) in [4.78, 5) is 4.78. The molecule has 0 aliphatic heterocycles. The highest BCUT2D eigenvalue weighted by atomic mass is 16.5. The highest BCUT2D eigenvalue weighted by molar-refractivity contribution is 5.79. The highest BCUT2D eigenvalue weighted by Crippen LogP contribution is 2.26. The van der Waals surface area contributed by atoms with Crippen molar-refractivity contribution in [2.75, 3.05) is 12.4 Å². The number of aryl methyl sites for hydroxylation is 1. The van der Waals surface area contributed by atoms with E-state index in [0.717, 1.165) is 46.0 Å². The molecule has 146 valence electrons. The maximum absolute atomic E-state index is 5.28. The number of imidazole rings is 1. The number of hydrogen-bond acceptors (Lipinski definition) is 3. The average molecular weight is 383 g/mol. The van der Waals surface area contributed by atoms with Gasteiger partial charge in [-0.3, -0.25) is 0 Å². The molecule has 29 heavy (non-hydrogen) atoms. The van der Waals surface area contributed by atoms with E-state index in [0.29, 0.717) is 0 Å². The quantitative estimate of drug-likeness (QED) is 0.432. The van der Waals surface area contributed by atoms with E-state index >= 15 is 0 Å². The molecule has 0 unspecified atom stereocenters. The van der Waals surface area contributed by atoms with Gasteiger partial charge in [-0.2, -0.15) is 0 Å². The van der Waals surface area contributed by atoms with Crippen LogP contribution in [0.1, 0.15) is 24.5 Å². The lowest BCUT2D eigenvalue weighted by molar-refractivity contribution is 0.415. The van der Waals surface area contributed by atoms with Gasteiger partial charge in [0.25, 0.3) is 0 Å². The number of ether oxygens (including phenoxy) is 1. The van der Waals surface area contributed by atoms with Crippen molar-refractivity contribution in [3.8, 4) is 17.0 Å². The third-order valence-corrected chi connectivity index (χ3v) is 4.86. The van der Waals surface area contributed by atoms with Gasteiger partial charge in [-0.25, -0.2) is 4.98 Å². The lowest BCUT2D eigenvalue weighted by atomic mass is 10.1. The smallest absolute Gasteiger partial charge is 0.137 e. The first-order chi connectivity index (χ1) is 14.2. The molecule has 0 aliphatic carbocycles. The van der Waals surface area contributed by atoms with E-state index in [1.807, 2.05) is 12.1 Å². The van der Waals surface area contributed by atoms with Crippen LogP contribution >= 0.6 is 0 Å². The fraction of sp³-hybridized carbons (Fsp3) is 0.160. The van der Waals surface area contributed by atoms with E-state index < -0.39 is 0 Å². The largest absolute Gasteiger partial charge is 0.497 e.